The largest absolute Gasteiger partial charge is 0.469 e. The molecule has 0 aromatic heterocycles. The van der Waals surface area contributed by atoms with E-state index < -0.39 is 0 Å². The fourth-order valence-corrected chi connectivity index (χ4v) is 1.71. The van der Waals surface area contributed by atoms with Gasteiger partial charge in [-0.05, 0) is 20.0 Å². The highest BCUT2D eigenvalue weighted by atomic mass is 16.5. The molecule has 0 amide bonds. The lowest BCUT2D eigenvalue weighted by Gasteiger charge is -2.30. The molecule has 94 valence electrons. The van der Waals surface area contributed by atoms with Crippen LogP contribution >= 0.6 is 0 Å². The standard InChI is InChI=1S/C11H22N2O3/c1-13-6-7-16-10(9-13)8-12-5-3-4-11(14)15-2/h10,12H,3-9H2,1-2H3. The van der Waals surface area contributed by atoms with Crippen LogP contribution in [0.5, 0.6) is 0 Å². The van der Waals surface area contributed by atoms with E-state index in [4.69, 9.17) is 4.74 Å². The number of rotatable bonds is 6. The van der Waals surface area contributed by atoms with Crippen LogP contribution < -0.4 is 5.32 Å². The number of hydrogen-bond acceptors (Lipinski definition) is 5. The normalized spacial score (nSPS) is 22.0. The number of hydrogen-bond donors (Lipinski definition) is 1. The molecule has 0 bridgehead atoms. The second-order valence-electron chi connectivity index (χ2n) is 4.14. The van der Waals surface area contributed by atoms with E-state index in [1.807, 2.05) is 0 Å². The first-order valence-corrected chi connectivity index (χ1v) is 5.80. The van der Waals surface area contributed by atoms with Crippen molar-refractivity contribution in [1.82, 2.24) is 10.2 Å². The number of likely N-dealkylation sites (N-methyl/N-ethyl adjacent to an activating group) is 1. The first-order valence-electron chi connectivity index (χ1n) is 5.80. The van der Waals surface area contributed by atoms with Gasteiger partial charge in [-0.15, -0.1) is 0 Å². The zero-order chi connectivity index (χ0) is 11.8. The Labute approximate surface area is 97.1 Å². The number of nitrogens with zero attached hydrogens (tertiary/aromatic N) is 1. The molecule has 0 aromatic rings. The molecule has 0 radical (unpaired) electrons. The van der Waals surface area contributed by atoms with Crippen LogP contribution in [0.1, 0.15) is 12.8 Å². The second-order valence-corrected chi connectivity index (χ2v) is 4.14. The number of carbonyl (C=O) groups excluding carboxylic acids is 1. The van der Waals surface area contributed by atoms with Crippen molar-refractivity contribution in [2.45, 2.75) is 18.9 Å². The van der Waals surface area contributed by atoms with E-state index in [-0.39, 0.29) is 12.1 Å². The van der Waals surface area contributed by atoms with E-state index in [1.54, 1.807) is 0 Å². The smallest absolute Gasteiger partial charge is 0.305 e. The zero-order valence-corrected chi connectivity index (χ0v) is 10.2. The maximum Gasteiger partial charge on any atom is 0.305 e. The molecule has 0 saturated carbocycles. The Morgan fingerprint density at radius 2 is 2.44 bits per heavy atom. The van der Waals surface area contributed by atoms with Crippen molar-refractivity contribution in [2.75, 3.05) is 46.9 Å². The Morgan fingerprint density at radius 3 is 3.12 bits per heavy atom. The molecule has 0 aliphatic carbocycles. The van der Waals surface area contributed by atoms with Gasteiger partial charge in [-0.25, -0.2) is 0 Å². The molecule has 0 aromatic carbocycles. The van der Waals surface area contributed by atoms with Gasteiger partial charge in [0, 0.05) is 26.1 Å². The van der Waals surface area contributed by atoms with Crippen LogP contribution in [0.3, 0.4) is 0 Å². The van der Waals surface area contributed by atoms with Crippen molar-refractivity contribution in [3.05, 3.63) is 0 Å². The molecule has 1 rings (SSSR count). The first-order chi connectivity index (χ1) is 7.72. The summed E-state index contributed by atoms with van der Waals surface area (Å²) in [4.78, 5) is 13.1. The van der Waals surface area contributed by atoms with E-state index in [0.717, 1.165) is 39.2 Å². The van der Waals surface area contributed by atoms with Crippen LogP contribution in [-0.4, -0.2) is 63.9 Å². The van der Waals surface area contributed by atoms with E-state index in [2.05, 4.69) is 22.0 Å². The number of esters is 1. The lowest BCUT2D eigenvalue weighted by atomic mass is 10.2. The van der Waals surface area contributed by atoms with Crippen LogP contribution in [0.2, 0.25) is 0 Å². The second kappa shape index (κ2) is 7.60. The molecule has 0 spiro atoms. The molecule has 1 saturated heterocycles. The highest BCUT2D eigenvalue weighted by Crippen LogP contribution is 2.01. The summed E-state index contributed by atoms with van der Waals surface area (Å²) in [7, 11) is 3.52. The Morgan fingerprint density at radius 1 is 1.62 bits per heavy atom. The quantitative estimate of drug-likeness (QED) is 0.508. The molecule has 1 fully saturated rings. The van der Waals surface area contributed by atoms with Crippen molar-refractivity contribution in [1.29, 1.82) is 0 Å². The number of nitrogens with one attached hydrogen (secondary N) is 1. The predicted molar refractivity (Wildman–Crippen MR) is 61.4 cm³/mol. The minimum atomic E-state index is -0.143. The number of carbonyl (C=O) groups is 1. The van der Waals surface area contributed by atoms with E-state index in [0.29, 0.717) is 6.42 Å². The van der Waals surface area contributed by atoms with Gasteiger partial charge < -0.3 is 19.7 Å². The lowest BCUT2D eigenvalue weighted by molar-refractivity contribution is -0.140. The van der Waals surface area contributed by atoms with Gasteiger partial charge in [0.05, 0.1) is 19.8 Å². The van der Waals surface area contributed by atoms with Gasteiger partial charge >= 0.3 is 5.97 Å². The predicted octanol–water partition coefficient (Wildman–Crippen LogP) is -0.140. The SMILES string of the molecule is COC(=O)CCCNCC1CN(C)CCO1. The number of ether oxygens (including phenoxy) is 2. The van der Waals surface area contributed by atoms with Gasteiger partial charge in [0.25, 0.3) is 0 Å². The third-order valence-electron chi connectivity index (χ3n) is 2.68. The molecule has 5 heteroatoms. The first kappa shape index (κ1) is 13.4. The average Bonchev–Trinajstić information content (AvgIpc) is 2.28. The van der Waals surface area contributed by atoms with Gasteiger partial charge in [0.15, 0.2) is 0 Å². The molecule has 1 aliphatic heterocycles. The summed E-state index contributed by atoms with van der Waals surface area (Å²) in [6.45, 7) is 4.48. The summed E-state index contributed by atoms with van der Waals surface area (Å²) in [5.74, 6) is -0.143. The minimum absolute atomic E-state index is 0.143. The molecule has 1 atom stereocenters. The highest BCUT2D eigenvalue weighted by Gasteiger charge is 2.16. The Bertz CT molecular complexity index is 211. The van der Waals surface area contributed by atoms with Crippen LogP contribution in [0, 0.1) is 0 Å². The maximum atomic E-state index is 10.8. The Hall–Kier alpha value is -0.650. The maximum absolute atomic E-state index is 10.8. The molecular formula is C11H22N2O3. The summed E-state index contributed by atoms with van der Waals surface area (Å²) in [5.41, 5.74) is 0. The number of morpholine rings is 1. The van der Waals surface area contributed by atoms with Crippen molar-refractivity contribution in [3.8, 4) is 0 Å². The summed E-state index contributed by atoms with van der Waals surface area (Å²) < 4.78 is 10.2. The fourth-order valence-electron chi connectivity index (χ4n) is 1.71. The van der Waals surface area contributed by atoms with Crippen molar-refractivity contribution in [2.24, 2.45) is 0 Å². The van der Waals surface area contributed by atoms with Gasteiger partial charge in [-0.3, -0.25) is 4.79 Å². The van der Waals surface area contributed by atoms with Gasteiger partial charge in [0.1, 0.15) is 0 Å². The average molecular weight is 230 g/mol. The van der Waals surface area contributed by atoms with Crippen LogP contribution in [0.4, 0.5) is 0 Å². The van der Waals surface area contributed by atoms with E-state index in [1.165, 1.54) is 7.11 Å². The Kier molecular flexibility index (Phi) is 6.37. The fraction of sp³-hybridized carbons (Fsp3) is 0.909. The summed E-state index contributed by atoms with van der Waals surface area (Å²) in [6, 6.07) is 0. The van der Waals surface area contributed by atoms with E-state index >= 15 is 0 Å². The van der Waals surface area contributed by atoms with Gasteiger partial charge in [0.2, 0.25) is 0 Å². The summed E-state index contributed by atoms with van der Waals surface area (Å²) >= 11 is 0. The van der Waals surface area contributed by atoms with Crippen molar-refractivity contribution < 1.29 is 14.3 Å². The molecule has 1 aliphatic rings. The van der Waals surface area contributed by atoms with Crippen LogP contribution in [0.25, 0.3) is 0 Å². The molecule has 5 nitrogen and oxygen atoms in total. The monoisotopic (exact) mass is 230 g/mol. The third kappa shape index (κ3) is 5.44. The van der Waals surface area contributed by atoms with Crippen LogP contribution in [0.15, 0.2) is 0 Å². The van der Waals surface area contributed by atoms with Crippen LogP contribution in [-0.2, 0) is 14.3 Å². The lowest BCUT2D eigenvalue weighted by Crippen LogP contribution is -2.45. The molecule has 16 heavy (non-hydrogen) atoms. The minimum Gasteiger partial charge on any atom is -0.469 e. The van der Waals surface area contributed by atoms with E-state index in [9.17, 15) is 4.79 Å². The summed E-state index contributed by atoms with van der Waals surface area (Å²) in [5, 5.41) is 3.30. The molecule has 1 unspecified atom stereocenters. The highest BCUT2D eigenvalue weighted by molar-refractivity contribution is 5.69. The third-order valence-corrected chi connectivity index (χ3v) is 2.68. The molecule has 1 N–H and O–H groups in total. The number of methoxy groups -OCH3 is 1. The summed E-state index contributed by atoms with van der Waals surface area (Å²) in [6.07, 6.45) is 1.57. The van der Waals surface area contributed by atoms with Crippen molar-refractivity contribution >= 4 is 5.97 Å². The molecular weight excluding hydrogens is 208 g/mol. The Balaban J connectivity index is 1.96. The van der Waals surface area contributed by atoms with Gasteiger partial charge in [-0.2, -0.15) is 0 Å². The zero-order valence-electron chi connectivity index (χ0n) is 10.2. The molecule has 1 heterocycles. The van der Waals surface area contributed by atoms with Gasteiger partial charge in [-0.1, -0.05) is 0 Å². The van der Waals surface area contributed by atoms with Crippen molar-refractivity contribution in [3.63, 3.8) is 0 Å². The topological polar surface area (TPSA) is 50.8 Å².